The fourth-order valence-electron chi connectivity index (χ4n) is 2.77. The molecule has 9 heteroatoms. The summed E-state index contributed by atoms with van der Waals surface area (Å²) in [7, 11) is 0. The van der Waals surface area contributed by atoms with Gasteiger partial charge in [0.15, 0.2) is 0 Å². The first-order valence-corrected chi connectivity index (χ1v) is 12.7. The molecule has 0 aliphatic carbocycles. The third-order valence-electron chi connectivity index (χ3n) is 4.67. The van der Waals surface area contributed by atoms with Gasteiger partial charge in [0.05, 0.1) is 12.1 Å². The second-order valence-corrected chi connectivity index (χ2v) is 8.98. The van der Waals surface area contributed by atoms with E-state index in [4.69, 9.17) is 15.9 Å². The molecule has 3 unspecified atom stereocenters. The van der Waals surface area contributed by atoms with Crippen LogP contribution in [0.3, 0.4) is 0 Å². The quantitative estimate of drug-likeness (QED) is 0.0977. The normalized spacial score (nSPS) is 14.8. The van der Waals surface area contributed by atoms with Crippen molar-refractivity contribution in [1.82, 2.24) is 5.32 Å². The Morgan fingerprint density at radius 3 is 2.38 bits per heavy atom. The van der Waals surface area contributed by atoms with E-state index in [1.165, 1.54) is 31.0 Å². The van der Waals surface area contributed by atoms with Gasteiger partial charge in [-0.3, -0.25) is 14.4 Å². The van der Waals surface area contributed by atoms with Crippen molar-refractivity contribution in [3.63, 3.8) is 0 Å². The fourth-order valence-corrected chi connectivity index (χ4v) is 3.91. The predicted octanol–water partition coefficient (Wildman–Crippen LogP) is 3.43. The van der Waals surface area contributed by atoms with Gasteiger partial charge in [-0.25, -0.2) is 0 Å². The van der Waals surface area contributed by atoms with Crippen LogP contribution in [0.1, 0.15) is 58.3 Å². The maximum absolute atomic E-state index is 11.9. The van der Waals surface area contributed by atoms with E-state index >= 15 is 0 Å². The van der Waals surface area contributed by atoms with Gasteiger partial charge in [-0.15, -0.1) is 11.8 Å². The summed E-state index contributed by atoms with van der Waals surface area (Å²) >= 11 is 1.26. The third kappa shape index (κ3) is 19.1. The first-order chi connectivity index (χ1) is 16.3. The smallest absolute Gasteiger partial charge is 0.322 e. The molecule has 3 atom stereocenters. The summed E-state index contributed by atoms with van der Waals surface area (Å²) in [5, 5.41) is 29.8. The summed E-state index contributed by atoms with van der Waals surface area (Å²) in [6.45, 7) is 1.68. The number of unbranched alkanes of at least 4 members (excludes halogenated alkanes) is 3. The monoisotopic (exact) mass is 496 g/mol. The molecule has 1 amide bonds. The Bertz CT molecular complexity index is 706. The molecule has 0 aromatic heterocycles. The fraction of sp³-hybridized carbons (Fsp3) is 0.560. The average Bonchev–Trinajstić information content (AvgIpc) is 2.79. The highest BCUT2D eigenvalue weighted by Gasteiger charge is 2.21. The number of carbonyl (C=O) groups is 3. The molecule has 0 heterocycles. The van der Waals surface area contributed by atoms with E-state index < -0.39 is 41.8 Å². The van der Waals surface area contributed by atoms with Gasteiger partial charge in [-0.2, -0.15) is 0 Å². The number of hydrogen-bond acceptors (Lipinski definition) is 6. The Morgan fingerprint density at radius 2 is 1.71 bits per heavy atom. The molecule has 0 spiro atoms. The molecule has 0 aromatic carbocycles. The summed E-state index contributed by atoms with van der Waals surface area (Å²) in [5.74, 6) is -2.49. The van der Waals surface area contributed by atoms with Crippen molar-refractivity contribution >= 4 is 29.6 Å². The van der Waals surface area contributed by atoms with Crippen LogP contribution in [-0.4, -0.2) is 62.9 Å². The standard InChI is InChI=1S/C25H40N2O6S/c1-2-3-4-5-6-7-8-9-10-11-12-13-16-22(21(28)15-14-17-23(29)30)34-19-20(26)25(33)27-18-24(31)32/h6-7,9-13,16,20-22,28H,2-5,8,14-15,17-19,26H2,1H3,(H,27,33)(H,29,30)(H,31,32)/b7-6+,10-9+,12-11+,16-13+. The van der Waals surface area contributed by atoms with Crippen LogP contribution in [0.5, 0.6) is 0 Å². The number of nitrogens with two attached hydrogens (primary N) is 1. The Kier molecular flexibility index (Phi) is 19.7. The lowest BCUT2D eigenvalue weighted by molar-refractivity contribution is -0.138. The minimum atomic E-state index is -1.16. The molecule has 192 valence electrons. The summed E-state index contributed by atoms with van der Waals surface area (Å²) in [6, 6.07) is -0.931. The van der Waals surface area contributed by atoms with Gasteiger partial charge in [0, 0.05) is 17.4 Å². The lowest BCUT2D eigenvalue weighted by atomic mass is 10.1. The van der Waals surface area contributed by atoms with Crippen LogP contribution in [0.15, 0.2) is 48.6 Å². The molecule has 8 nitrogen and oxygen atoms in total. The molecule has 0 fully saturated rings. The number of aliphatic carboxylic acids is 2. The number of thioether (sulfide) groups is 1. The molecular formula is C25H40N2O6S. The topological polar surface area (TPSA) is 150 Å². The number of amides is 1. The molecular weight excluding hydrogens is 456 g/mol. The molecule has 0 radical (unpaired) electrons. The lowest BCUT2D eigenvalue weighted by Crippen LogP contribution is -2.44. The van der Waals surface area contributed by atoms with Crippen LogP contribution in [0.2, 0.25) is 0 Å². The second kappa shape index (κ2) is 21.2. The Hall–Kier alpha value is -2.36. The third-order valence-corrected chi connectivity index (χ3v) is 6.08. The van der Waals surface area contributed by atoms with E-state index in [1.807, 2.05) is 24.3 Å². The van der Waals surface area contributed by atoms with Crippen LogP contribution < -0.4 is 11.1 Å². The zero-order valence-electron chi connectivity index (χ0n) is 20.0. The van der Waals surface area contributed by atoms with Gasteiger partial charge in [-0.1, -0.05) is 68.4 Å². The molecule has 0 aliphatic heterocycles. The number of carboxylic acids is 2. The number of carbonyl (C=O) groups excluding carboxylic acids is 1. The zero-order chi connectivity index (χ0) is 25.6. The van der Waals surface area contributed by atoms with E-state index in [1.54, 1.807) is 12.2 Å². The molecule has 0 bridgehead atoms. The van der Waals surface area contributed by atoms with Gasteiger partial charge < -0.3 is 26.4 Å². The van der Waals surface area contributed by atoms with Gasteiger partial charge in [-0.05, 0) is 32.1 Å². The van der Waals surface area contributed by atoms with Gasteiger partial charge in [0.1, 0.15) is 6.54 Å². The summed E-state index contributed by atoms with van der Waals surface area (Å²) in [5.41, 5.74) is 5.82. The molecule has 6 N–H and O–H groups in total. The molecule has 0 rings (SSSR count). The maximum Gasteiger partial charge on any atom is 0.322 e. The lowest BCUT2D eigenvalue weighted by Gasteiger charge is -2.21. The van der Waals surface area contributed by atoms with Crippen LogP contribution in [0.4, 0.5) is 0 Å². The van der Waals surface area contributed by atoms with Crippen LogP contribution in [0, 0.1) is 0 Å². The number of allylic oxidation sites excluding steroid dienone is 7. The second-order valence-electron chi connectivity index (χ2n) is 7.77. The number of aliphatic hydroxyl groups is 1. The highest BCUT2D eigenvalue weighted by atomic mass is 32.2. The van der Waals surface area contributed by atoms with Crippen molar-refractivity contribution in [2.24, 2.45) is 5.73 Å². The molecule has 0 aliphatic rings. The van der Waals surface area contributed by atoms with Crippen molar-refractivity contribution in [2.75, 3.05) is 12.3 Å². The molecule has 0 aromatic rings. The molecule has 34 heavy (non-hydrogen) atoms. The van der Waals surface area contributed by atoms with Crippen molar-refractivity contribution in [2.45, 2.75) is 75.7 Å². The molecule has 0 saturated carbocycles. The largest absolute Gasteiger partial charge is 0.481 e. The summed E-state index contributed by atoms with van der Waals surface area (Å²) < 4.78 is 0. The number of nitrogens with one attached hydrogen (secondary N) is 1. The van der Waals surface area contributed by atoms with Gasteiger partial charge in [0.25, 0.3) is 0 Å². The highest BCUT2D eigenvalue weighted by Crippen LogP contribution is 2.21. The zero-order valence-corrected chi connectivity index (χ0v) is 20.8. The van der Waals surface area contributed by atoms with Gasteiger partial charge in [0.2, 0.25) is 5.91 Å². The van der Waals surface area contributed by atoms with Crippen molar-refractivity contribution in [3.05, 3.63) is 48.6 Å². The van der Waals surface area contributed by atoms with E-state index in [-0.39, 0.29) is 12.2 Å². The van der Waals surface area contributed by atoms with Crippen LogP contribution in [-0.2, 0) is 14.4 Å². The summed E-state index contributed by atoms with van der Waals surface area (Å²) in [6.07, 6.45) is 21.1. The minimum Gasteiger partial charge on any atom is -0.481 e. The number of rotatable bonds is 20. The SMILES string of the molecule is CCCCC/C=C/C/C=C/C=C/C=C/C(SCC(N)C(=O)NCC(=O)O)C(O)CCCC(=O)O. The average molecular weight is 497 g/mol. The first-order valence-electron chi connectivity index (χ1n) is 11.7. The number of carboxylic acid groups (broad SMARTS) is 2. The van der Waals surface area contributed by atoms with Crippen molar-refractivity contribution in [3.8, 4) is 0 Å². The van der Waals surface area contributed by atoms with Crippen LogP contribution in [0.25, 0.3) is 0 Å². The van der Waals surface area contributed by atoms with E-state index in [0.29, 0.717) is 12.8 Å². The minimum absolute atomic E-state index is 0.0347. The number of aliphatic hydroxyl groups excluding tert-OH is 1. The predicted molar refractivity (Wildman–Crippen MR) is 138 cm³/mol. The Morgan fingerprint density at radius 1 is 0.971 bits per heavy atom. The van der Waals surface area contributed by atoms with E-state index in [9.17, 15) is 19.5 Å². The van der Waals surface area contributed by atoms with E-state index in [2.05, 4.69) is 24.4 Å². The first kappa shape index (κ1) is 31.6. The van der Waals surface area contributed by atoms with Crippen molar-refractivity contribution in [1.29, 1.82) is 0 Å². The maximum atomic E-state index is 11.9. The molecule has 0 saturated heterocycles. The number of hydrogen-bond donors (Lipinski definition) is 5. The summed E-state index contributed by atoms with van der Waals surface area (Å²) in [4.78, 5) is 33.2. The van der Waals surface area contributed by atoms with Crippen molar-refractivity contribution < 1.29 is 29.7 Å². The van der Waals surface area contributed by atoms with Gasteiger partial charge >= 0.3 is 11.9 Å². The Balaban J connectivity index is 4.70. The highest BCUT2D eigenvalue weighted by molar-refractivity contribution is 8.00. The Labute approximate surface area is 207 Å². The van der Waals surface area contributed by atoms with E-state index in [0.717, 1.165) is 12.8 Å². The van der Waals surface area contributed by atoms with Crippen LogP contribution >= 0.6 is 11.8 Å².